The van der Waals surface area contributed by atoms with Crippen molar-refractivity contribution in [1.29, 1.82) is 0 Å². The zero-order valence-electron chi connectivity index (χ0n) is 18.9. The number of rotatable bonds is 12. The third-order valence-electron chi connectivity index (χ3n) is 5.17. The van der Waals surface area contributed by atoms with Gasteiger partial charge in [0.05, 0.1) is 26.2 Å². The molecule has 0 spiro atoms. The van der Waals surface area contributed by atoms with Gasteiger partial charge in [-0.2, -0.15) is 0 Å². The summed E-state index contributed by atoms with van der Waals surface area (Å²) in [6.45, 7) is 1.93. The molecule has 0 aliphatic heterocycles. The average Bonchev–Trinajstić information content (AvgIpc) is 2.86. The van der Waals surface area contributed by atoms with Crippen molar-refractivity contribution in [3.63, 3.8) is 0 Å². The van der Waals surface area contributed by atoms with Crippen LogP contribution in [-0.4, -0.2) is 10.1 Å². The monoisotopic (exact) mass is 471 g/mol. The highest BCUT2D eigenvalue weighted by Crippen LogP contribution is 2.31. The standard InChI is InChI=1S/C28H28N2O3P/c31-34(32-29(21-25-13-5-1-6-14-25)22-26-15-7-2-8-16-26)33-30(23-27-17-9-3-10-18-27)24-28-19-11-4-12-20-28/h1-20H,21-24H2/q+1. The molecule has 4 rings (SSSR count). The Balaban J connectivity index is 1.45. The first-order valence-electron chi connectivity index (χ1n) is 11.2. The van der Waals surface area contributed by atoms with Gasteiger partial charge in [-0.3, -0.25) is 0 Å². The summed E-state index contributed by atoms with van der Waals surface area (Å²) < 4.78 is 24.7. The van der Waals surface area contributed by atoms with Crippen molar-refractivity contribution >= 4 is 8.25 Å². The van der Waals surface area contributed by atoms with Gasteiger partial charge >= 0.3 is 8.25 Å². The second-order valence-electron chi connectivity index (χ2n) is 7.93. The van der Waals surface area contributed by atoms with Crippen LogP contribution in [0, 0.1) is 0 Å². The first-order chi connectivity index (χ1) is 16.7. The van der Waals surface area contributed by atoms with E-state index in [9.17, 15) is 4.57 Å². The van der Waals surface area contributed by atoms with Gasteiger partial charge in [-0.15, -0.1) is 10.1 Å². The van der Waals surface area contributed by atoms with E-state index in [-0.39, 0.29) is 0 Å². The van der Waals surface area contributed by atoms with E-state index in [1.165, 1.54) is 0 Å². The molecule has 5 nitrogen and oxygen atoms in total. The molecule has 0 amide bonds. The number of hydroxylamine groups is 4. The van der Waals surface area contributed by atoms with Crippen molar-refractivity contribution in [2.24, 2.45) is 0 Å². The molecule has 0 radical (unpaired) electrons. The first-order valence-corrected chi connectivity index (χ1v) is 12.3. The van der Waals surface area contributed by atoms with Gasteiger partial charge in [-0.05, 0) is 31.5 Å². The van der Waals surface area contributed by atoms with Gasteiger partial charge < -0.3 is 0 Å². The van der Waals surface area contributed by atoms with Crippen LogP contribution in [0.2, 0.25) is 0 Å². The Morgan fingerprint density at radius 3 is 0.912 bits per heavy atom. The molecule has 0 saturated carbocycles. The van der Waals surface area contributed by atoms with Crippen LogP contribution >= 0.6 is 8.25 Å². The van der Waals surface area contributed by atoms with Crippen LogP contribution in [0.1, 0.15) is 22.3 Å². The molecule has 0 fully saturated rings. The van der Waals surface area contributed by atoms with Crippen LogP contribution in [0.25, 0.3) is 0 Å². The molecule has 0 saturated heterocycles. The minimum Gasteiger partial charge on any atom is -0.127 e. The topological polar surface area (TPSA) is 42.0 Å². The number of benzene rings is 4. The summed E-state index contributed by atoms with van der Waals surface area (Å²) in [7, 11) is -2.44. The Morgan fingerprint density at radius 1 is 0.441 bits per heavy atom. The Morgan fingerprint density at radius 2 is 0.676 bits per heavy atom. The van der Waals surface area contributed by atoms with Gasteiger partial charge in [-0.25, -0.2) is 0 Å². The smallest absolute Gasteiger partial charge is 0.127 e. The molecule has 0 heterocycles. The highest BCUT2D eigenvalue weighted by molar-refractivity contribution is 7.33. The Labute approximate surface area is 202 Å². The molecular weight excluding hydrogens is 443 g/mol. The van der Waals surface area contributed by atoms with Crippen LogP contribution in [-0.2, 0) is 40.0 Å². The summed E-state index contributed by atoms with van der Waals surface area (Å²) in [6.07, 6.45) is 0. The Kier molecular flexibility index (Phi) is 9.09. The van der Waals surface area contributed by atoms with Crippen molar-refractivity contribution in [2.45, 2.75) is 26.2 Å². The average molecular weight is 472 g/mol. The maximum absolute atomic E-state index is 13.0. The molecule has 0 aromatic heterocycles. The summed E-state index contributed by atoms with van der Waals surface area (Å²) in [4.78, 5) is 0. The Bertz CT molecular complexity index is 955. The van der Waals surface area contributed by atoms with Crippen LogP contribution in [0.5, 0.6) is 0 Å². The van der Waals surface area contributed by atoms with E-state index in [4.69, 9.17) is 9.25 Å². The highest BCUT2D eigenvalue weighted by Gasteiger charge is 2.31. The fourth-order valence-electron chi connectivity index (χ4n) is 3.58. The van der Waals surface area contributed by atoms with E-state index >= 15 is 0 Å². The van der Waals surface area contributed by atoms with Gasteiger partial charge in [-0.1, -0.05) is 121 Å². The quantitative estimate of drug-likeness (QED) is 0.166. The summed E-state index contributed by atoms with van der Waals surface area (Å²) >= 11 is 0. The second kappa shape index (κ2) is 12.9. The van der Waals surface area contributed by atoms with Crippen molar-refractivity contribution in [3.8, 4) is 0 Å². The number of hydrogen-bond acceptors (Lipinski definition) is 5. The lowest BCUT2D eigenvalue weighted by Crippen LogP contribution is -2.24. The van der Waals surface area contributed by atoms with Gasteiger partial charge in [0.25, 0.3) is 0 Å². The molecule has 34 heavy (non-hydrogen) atoms. The van der Waals surface area contributed by atoms with Gasteiger partial charge in [0, 0.05) is 4.57 Å². The van der Waals surface area contributed by atoms with Crippen LogP contribution in [0.4, 0.5) is 0 Å². The molecule has 0 unspecified atom stereocenters. The minimum absolute atomic E-state index is 0.484. The molecule has 172 valence electrons. The van der Waals surface area contributed by atoms with E-state index < -0.39 is 8.25 Å². The number of nitrogens with zero attached hydrogens (tertiary/aromatic N) is 2. The molecule has 4 aromatic carbocycles. The van der Waals surface area contributed by atoms with Crippen molar-refractivity contribution in [3.05, 3.63) is 144 Å². The van der Waals surface area contributed by atoms with E-state index in [1.54, 1.807) is 10.1 Å². The van der Waals surface area contributed by atoms with Crippen molar-refractivity contribution in [2.75, 3.05) is 0 Å². The SMILES string of the molecule is O=[P+](ON(Cc1ccccc1)Cc1ccccc1)ON(Cc1ccccc1)Cc1ccccc1. The molecule has 0 aliphatic carbocycles. The molecule has 0 atom stereocenters. The molecular formula is C28H28N2O3P+. The lowest BCUT2D eigenvalue weighted by atomic mass is 10.2. The van der Waals surface area contributed by atoms with Crippen molar-refractivity contribution < 1.29 is 13.8 Å². The lowest BCUT2D eigenvalue weighted by molar-refractivity contribution is -0.130. The normalized spacial score (nSPS) is 11.1. The maximum Gasteiger partial charge on any atom is 0.735 e. The summed E-state index contributed by atoms with van der Waals surface area (Å²) in [5, 5.41) is 3.37. The van der Waals surface area contributed by atoms with Gasteiger partial charge in [0.2, 0.25) is 0 Å². The molecule has 0 bridgehead atoms. The largest absolute Gasteiger partial charge is 0.735 e. The Hall–Kier alpha value is -3.18. The van der Waals surface area contributed by atoms with E-state index in [0.29, 0.717) is 26.2 Å². The molecule has 0 N–H and O–H groups in total. The van der Waals surface area contributed by atoms with E-state index in [1.807, 2.05) is 121 Å². The van der Waals surface area contributed by atoms with Crippen LogP contribution in [0.15, 0.2) is 121 Å². The highest BCUT2D eigenvalue weighted by atomic mass is 31.1. The predicted octanol–water partition coefficient (Wildman–Crippen LogP) is 6.91. The molecule has 6 heteroatoms. The van der Waals surface area contributed by atoms with E-state index in [2.05, 4.69) is 0 Å². The minimum atomic E-state index is -2.44. The molecule has 0 aliphatic rings. The van der Waals surface area contributed by atoms with Gasteiger partial charge in [0.1, 0.15) is 0 Å². The van der Waals surface area contributed by atoms with Crippen LogP contribution in [0.3, 0.4) is 0 Å². The maximum atomic E-state index is 13.0. The summed E-state index contributed by atoms with van der Waals surface area (Å²) in [5.74, 6) is 0. The predicted molar refractivity (Wildman–Crippen MR) is 134 cm³/mol. The summed E-state index contributed by atoms with van der Waals surface area (Å²) in [6, 6.07) is 39.9. The van der Waals surface area contributed by atoms with Crippen molar-refractivity contribution in [1.82, 2.24) is 10.1 Å². The fraction of sp³-hybridized carbons (Fsp3) is 0.143. The third-order valence-corrected chi connectivity index (χ3v) is 5.90. The summed E-state index contributed by atoms with van der Waals surface area (Å²) in [5.41, 5.74) is 4.25. The first kappa shape index (κ1) is 24.0. The number of hydrogen-bond donors (Lipinski definition) is 0. The van der Waals surface area contributed by atoms with Crippen LogP contribution < -0.4 is 0 Å². The second-order valence-corrected chi connectivity index (χ2v) is 8.70. The van der Waals surface area contributed by atoms with Gasteiger partial charge in [0.15, 0.2) is 0 Å². The lowest BCUT2D eigenvalue weighted by Gasteiger charge is -2.18. The van der Waals surface area contributed by atoms with E-state index in [0.717, 1.165) is 22.3 Å². The molecule has 4 aromatic rings. The zero-order chi connectivity index (χ0) is 23.4. The third kappa shape index (κ3) is 7.99. The zero-order valence-corrected chi connectivity index (χ0v) is 19.8. The fourth-order valence-corrected chi connectivity index (χ4v) is 4.22.